The summed E-state index contributed by atoms with van der Waals surface area (Å²) in [7, 11) is -2.57. The van der Waals surface area contributed by atoms with Crippen LogP contribution in [-0.4, -0.2) is 13.5 Å². The second-order valence-electron chi connectivity index (χ2n) is 3.35. The van der Waals surface area contributed by atoms with Crippen LogP contribution in [0.3, 0.4) is 0 Å². The molecule has 2 aromatic rings. The quantitative estimate of drug-likeness (QED) is 0.819. The zero-order valence-corrected chi connectivity index (χ0v) is 9.63. The number of thiol groups is 1. The normalized spacial score (nSPS) is 10.4. The number of aromatic hydroxyl groups is 1. The summed E-state index contributed by atoms with van der Waals surface area (Å²) in [6.07, 6.45) is 0. The predicted octanol–water partition coefficient (Wildman–Crippen LogP) is 2.15. The molecule has 0 aliphatic heterocycles. The lowest BCUT2D eigenvalue weighted by Gasteiger charge is -2.05. The summed E-state index contributed by atoms with van der Waals surface area (Å²) in [5.74, 6) is 1.11. The van der Waals surface area contributed by atoms with Crippen molar-refractivity contribution in [3.63, 3.8) is 0 Å². The molecule has 0 aromatic heterocycles. The van der Waals surface area contributed by atoms with Gasteiger partial charge < -0.3 is 9.84 Å². The summed E-state index contributed by atoms with van der Waals surface area (Å²) in [6.45, 7) is 0. The van der Waals surface area contributed by atoms with E-state index in [9.17, 15) is 13.5 Å². The van der Waals surface area contributed by atoms with Crippen LogP contribution in [0, 0.1) is 0 Å². The highest BCUT2D eigenvalue weighted by Crippen LogP contribution is 2.24. The molecular formula is C12H10O4S. The topological polar surface area (TPSA) is 63.6 Å². The smallest absolute Gasteiger partial charge is 0.168 e. The van der Waals surface area contributed by atoms with Crippen LogP contribution in [-0.2, 0) is 10.7 Å². The van der Waals surface area contributed by atoms with Crippen LogP contribution in [0.5, 0.6) is 17.2 Å². The molecule has 17 heavy (non-hydrogen) atoms. The first-order valence-electron chi connectivity index (χ1n) is 4.86. The highest BCUT2D eigenvalue weighted by molar-refractivity contribution is 7.72. The number of rotatable bonds is 3. The van der Waals surface area contributed by atoms with Gasteiger partial charge in [-0.3, -0.25) is 0 Å². The van der Waals surface area contributed by atoms with E-state index < -0.39 is 10.7 Å². The number of hydrogen-bond donors (Lipinski definition) is 2. The van der Waals surface area contributed by atoms with Gasteiger partial charge in [0.05, 0.1) is 4.90 Å². The maximum atomic E-state index is 10.7. The third-order valence-corrected chi connectivity index (χ3v) is 2.82. The van der Waals surface area contributed by atoms with E-state index in [1.54, 1.807) is 24.3 Å². The van der Waals surface area contributed by atoms with Crippen LogP contribution in [0.25, 0.3) is 0 Å². The zero-order chi connectivity index (χ0) is 12.3. The third-order valence-electron chi connectivity index (χ3n) is 2.10. The molecule has 0 radical (unpaired) electrons. The van der Waals surface area contributed by atoms with Crippen molar-refractivity contribution in [1.29, 1.82) is 0 Å². The molecule has 0 saturated heterocycles. The molecule has 4 nitrogen and oxygen atoms in total. The molecule has 0 fully saturated rings. The molecule has 0 aliphatic rings. The molecule has 0 spiro atoms. The Morgan fingerprint density at radius 1 is 0.941 bits per heavy atom. The molecule has 88 valence electrons. The molecule has 5 heteroatoms. The fourth-order valence-corrected chi connectivity index (χ4v) is 1.71. The van der Waals surface area contributed by atoms with E-state index >= 15 is 0 Å². The van der Waals surface area contributed by atoms with Crippen molar-refractivity contribution in [3.05, 3.63) is 48.5 Å². The predicted molar refractivity (Wildman–Crippen MR) is 63.2 cm³/mol. The van der Waals surface area contributed by atoms with Crippen LogP contribution in [0.2, 0.25) is 0 Å². The molecule has 0 aliphatic carbocycles. The van der Waals surface area contributed by atoms with Crippen LogP contribution >= 0.6 is 0 Å². The summed E-state index contributed by atoms with van der Waals surface area (Å²) in [5, 5.41) is 9.25. The van der Waals surface area contributed by atoms with E-state index in [1.165, 1.54) is 24.3 Å². The number of benzene rings is 2. The van der Waals surface area contributed by atoms with Gasteiger partial charge in [0.25, 0.3) is 0 Å². The maximum Gasteiger partial charge on any atom is 0.168 e. The average molecular weight is 250 g/mol. The average Bonchev–Trinajstić information content (AvgIpc) is 2.29. The summed E-state index contributed by atoms with van der Waals surface area (Å²) in [5.41, 5.74) is 0. The van der Waals surface area contributed by atoms with Gasteiger partial charge in [-0.1, -0.05) is 6.07 Å². The lowest BCUT2D eigenvalue weighted by atomic mass is 10.3. The first-order chi connectivity index (χ1) is 8.15. The number of hydrogen-bond acceptors (Lipinski definition) is 4. The van der Waals surface area contributed by atoms with Gasteiger partial charge in [0.15, 0.2) is 10.7 Å². The standard InChI is InChI=1S/C12H10O4S/c13-9-2-1-3-11(8-9)16-10-4-6-12(7-5-10)17(14)15/h1-8,13,17H. The zero-order valence-electron chi connectivity index (χ0n) is 8.74. The Kier molecular flexibility index (Phi) is 3.30. The first-order valence-corrected chi connectivity index (χ1v) is 6.04. The molecule has 0 amide bonds. The van der Waals surface area contributed by atoms with E-state index in [0.29, 0.717) is 11.5 Å². The van der Waals surface area contributed by atoms with Crippen molar-refractivity contribution in [3.8, 4) is 17.2 Å². The third kappa shape index (κ3) is 2.98. The minimum Gasteiger partial charge on any atom is -0.508 e. The van der Waals surface area contributed by atoms with E-state index in [0.717, 1.165) is 0 Å². The molecule has 2 aromatic carbocycles. The van der Waals surface area contributed by atoms with Crippen LogP contribution in [0.4, 0.5) is 0 Å². The van der Waals surface area contributed by atoms with Crippen molar-refractivity contribution in [1.82, 2.24) is 0 Å². The van der Waals surface area contributed by atoms with Crippen LogP contribution in [0.15, 0.2) is 53.4 Å². The second kappa shape index (κ2) is 4.88. The Morgan fingerprint density at radius 3 is 2.24 bits per heavy atom. The Labute approximate surface area is 100 Å². The highest BCUT2D eigenvalue weighted by atomic mass is 32.2. The monoisotopic (exact) mass is 250 g/mol. The van der Waals surface area contributed by atoms with Crippen molar-refractivity contribution < 1.29 is 18.3 Å². The van der Waals surface area contributed by atoms with Crippen molar-refractivity contribution in [2.75, 3.05) is 0 Å². The summed E-state index contributed by atoms with van der Waals surface area (Å²) in [6, 6.07) is 12.4. The Morgan fingerprint density at radius 2 is 1.65 bits per heavy atom. The van der Waals surface area contributed by atoms with Crippen LogP contribution in [0.1, 0.15) is 0 Å². The second-order valence-corrected chi connectivity index (χ2v) is 4.38. The van der Waals surface area contributed by atoms with E-state index in [4.69, 9.17) is 4.74 Å². The SMILES string of the molecule is O=[SH](=O)c1ccc(Oc2cccc(O)c2)cc1. The summed E-state index contributed by atoms with van der Waals surface area (Å²) < 4.78 is 26.8. The Bertz CT molecular complexity index is 580. The lowest BCUT2D eigenvalue weighted by Crippen LogP contribution is -1.85. The molecule has 1 N–H and O–H groups in total. The molecular weight excluding hydrogens is 240 g/mol. The van der Waals surface area contributed by atoms with E-state index in [-0.39, 0.29) is 10.6 Å². The van der Waals surface area contributed by atoms with Crippen LogP contribution < -0.4 is 4.74 Å². The van der Waals surface area contributed by atoms with Crippen molar-refractivity contribution >= 4 is 10.7 Å². The number of phenolic OH excluding ortho intramolecular Hbond substituents is 1. The van der Waals surface area contributed by atoms with Gasteiger partial charge in [-0.25, -0.2) is 8.42 Å². The van der Waals surface area contributed by atoms with E-state index in [1.807, 2.05) is 0 Å². The number of ether oxygens (including phenoxy) is 1. The summed E-state index contributed by atoms with van der Waals surface area (Å²) >= 11 is 0. The molecule has 0 unspecified atom stereocenters. The minimum atomic E-state index is -2.57. The van der Waals surface area contributed by atoms with Crippen molar-refractivity contribution in [2.24, 2.45) is 0 Å². The molecule has 2 rings (SSSR count). The highest BCUT2D eigenvalue weighted by Gasteiger charge is 1.99. The molecule has 0 bridgehead atoms. The van der Waals surface area contributed by atoms with Gasteiger partial charge in [0.1, 0.15) is 17.2 Å². The lowest BCUT2D eigenvalue weighted by molar-refractivity contribution is 0.455. The number of phenols is 1. The summed E-state index contributed by atoms with van der Waals surface area (Å²) in [4.78, 5) is 0.239. The van der Waals surface area contributed by atoms with Gasteiger partial charge >= 0.3 is 0 Å². The van der Waals surface area contributed by atoms with Gasteiger partial charge in [0, 0.05) is 6.07 Å². The fourth-order valence-electron chi connectivity index (χ4n) is 1.32. The Balaban J connectivity index is 2.19. The largest absolute Gasteiger partial charge is 0.508 e. The molecule has 0 atom stereocenters. The molecule has 0 heterocycles. The van der Waals surface area contributed by atoms with Gasteiger partial charge in [-0.15, -0.1) is 0 Å². The maximum absolute atomic E-state index is 10.7. The first kappa shape index (κ1) is 11.5. The van der Waals surface area contributed by atoms with Crippen molar-refractivity contribution in [2.45, 2.75) is 4.90 Å². The van der Waals surface area contributed by atoms with E-state index in [2.05, 4.69) is 0 Å². The Hall–Kier alpha value is -2.01. The van der Waals surface area contributed by atoms with Gasteiger partial charge in [-0.05, 0) is 36.4 Å². The van der Waals surface area contributed by atoms with Gasteiger partial charge in [-0.2, -0.15) is 0 Å². The molecule has 0 saturated carbocycles. The minimum absolute atomic E-state index is 0.113. The fraction of sp³-hybridized carbons (Fsp3) is 0. The van der Waals surface area contributed by atoms with Gasteiger partial charge in [0.2, 0.25) is 0 Å².